The Bertz CT molecular complexity index is 1300. The predicted molar refractivity (Wildman–Crippen MR) is 121 cm³/mol. The van der Waals surface area contributed by atoms with Crippen molar-refractivity contribution in [3.63, 3.8) is 0 Å². The molecule has 0 radical (unpaired) electrons. The van der Waals surface area contributed by atoms with Crippen LogP contribution >= 0.6 is 0 Å². The topological polar surface area (TPSA) is 64.4 Å². The molecule has 1 unspecified atom stereocenters. The number of amides is 1. The number of hydrogen-bond donors (Lipinski definition) is 0. The highest BCUT2D eigenvalue weighted by Crippen LogP contribution is 2.27. The van der Waals surface area contributed by atoms with Crippen molar-refractivity contribution < 1.29 is 9.53 Å². The molecule has 156 valence electrons. The minimum absolute atomic E-state index is 0.151. The number of nitrogens with zero attached hydrogens (tertiary/aromatic N) is 3. The first kappa shape index (κ1) is 20.3. The van der Waals surface area contributed by atoms with Gasteiger partial charge < -0.3 is 9.64 Å². The van der Waals surface area contributed by atoms with E-state index in [1.807, 2.05) is 55.5 Å². The molecule has 0 aliphatic heterocycles. The zero-order valence-electron chi connectivity index (χ0n) is 17.6. The molecule has 0 spiro atoms. The van der Waals surface area contributed by atoms with Gasteiger partial charge in [0, 0.05) is 12.6 Å². The van der Waals surface area contributed by atoms with Gasteiger partial charge in [-0.2, -0.15) is 0 Å². The van der Waals surface area contributed by atoms with Gasteiger partial charge >= 0.3 is 0 Å². The third kappa shape index (κ3) is 3.68. The van der Waals surface area contributed by atoms with Gasteiger partial charge in [0.25, 0.3) is 11.5 Å². The van der Waals surface area contributed by atoms with Gasteiger partial charge in [-0.05, 0) is 43.3 Å². The monoisotopic (exact) mass is 413 g/mol. The van der Waals surface area contributed by atoms with Crippen LogP contribution in [0.2, 0.25) is 0 Å². The van der Waals surface area contributed by atoms with E-state index in [2.05, 4.69) is 0 Å². The maximum Gasteiger partial charge on any atom is 0.266 e. The second-order valence-electron chi connectivity index (χ2n) is 7.26. The molecule has 1 heterocycles. The Hall–Kier alpha value is -3.93. The maximum atomic E-state index is 13.5. The van der Waals surface area contributed by atoms with E-state index in [1.54, 1.807) is 54.0 Å². The SMILES string of the molecule is COc1ccccc1-n1c(C(C)N(C)C(=O)c2ccccc2)nc2ccccc2c1=O. The number of carbonyl (C=O) groups excluding carboxylic acids is 1. The summed E-state index contributed by atoms with van der Waals surface area (Å²) in [5.41, 5.74) is 1.53. The Morgan fingerprint density at radius 1 is 0.968 bits per heavy atom. The molecule has 0 bridgehead atoms. The van der Waals surface area contributed by atoms with Crippen LogP contribution in [0.15, 0.2) is 83.7 Å². The summed E-state index contributed by atoms with van der Waals surface area (Å²) in [6.07, 6.45) is 0. The summed E-state index contributed by atoms with van der Waals surface area (Å²) in [5.74, 6) is 0.856. The summed E-state index contributed by atoms with van der Waals surface area (Å²) >= 11 is 0. The maximum absolute atomic E-state index is 13.5. The lowest BCUT2D eigenvalue weighted by atomic mass is 10.1. The Labute approximate surface area is 180 Å². The van der Waals surface area contributed by atoms with Crippen molar-refractivity contribution in [2.24, 2.45) is 0 Å². The van der Waals surface area contributed by atoms with E-state index in [-0.39, 0.29) is 11.5 Å². The van der Waals surface area contributed by atoms with E-state index in [1.165, 1.54) is 0 Å². The lowest BCUT2D eigenvalue weighted by Gasteiger charge is -2.27. The fraction of sp³-hybridized carbons (Fsp3) is 0.160. The quantitative estimate of drug-likeness (QED) is 0.491. The van der Waals surface area contributed by atoms with Gasteiger partial charge in [-0.25, -0.2) is 4.98 Å². The fourth-order valence-corrected chi connectivity index (χ4v) is 3.61. The van der Waals surface area contributed by atoms with E-state index in [9.17, 15) is 9.59 Å². The summed E-state index contributed by atoms with van der Waals surface area (Å²) in [6, 6.07) is 23.1. The first-order chi connectivity index (χ1) is 15.0. The molecule has 0 saturated heterocycles. The molecule has 1 atom stereocenters. The van der Waals surface area contributed by atoms with Crippen LogP contribution in [0.3, 0.4) is 0 Å². The molecular weight excluding hydrogens is 390 g/mol. The van der Waals surface area contributed by atoms with Crippen LogP contribution in [0.5, 0.6) is 5.75 Å². The molecule has 1 aromatic heterocycles. The summed E-state index contributed by atoms with van der Waals surface area (Å²) in [6.45, 7) is 1.86. The van der Waals surface area contributed by atoms with Crippen molar-refractivity contribution >= 4 is 16.8 Å². The van der Waals surface area contributed by atoms with Crippen molar-refractivity contribution in [1.29, 1.82) is 0 Å². The normalized spacial score (nSPS) is 11.8. The van der Waals surface area contributed by atoms with E-state index in [0.717, 1.165) is 0 Å². The second-order valence-corrected chi connectivity index (χ2v) is 7.26. The number of fused-ring (bicyclic) bond motifs is 1. The van der Waals surface area contributed by atoms with Gasteiger partial charge in [0.2, 0.25) is 0 Å². The molecule has 0 fully saturated rings. The molecule has 31 heavy (non-hydrogen) atoms. The predicted octanol–water partition coefficient (Wildman–Crippen LogP) is 4.23. The third-order valence-corrected chi connectivity index (χ3v) is 5.42. The van der Waals surface area contributed by atoms with E-state index >= 15 is 0 Å². The molecule has 0 saturated carbocycles. The largest absolute Gasteiger partial charge is 0.495 e. The number of benzene rings is 3. The minimum Gasteiger partial charge on any atom is -0.495 e. The average Bonchev–Trinajstić information content (AvgIpc) is 2.83. The van der Waals surface area contributed by atoms with E-state index in [0.29, 0.717) is 33.7 Å². The number of hydrogen-bond acceptors (Lipinski definition) is 4. The first-order valence-corrected chi connectivity index (χ1v) is 10.00. The molecule has 4 aromatic rings. The van der Waals surface area contributed by atoms with Crippen LogP contribution in [-0.2, 0) is 0 Å². The van der Waals surface area contributed by atoms with Crippen LogP contribution in [0.25, 0.3) is 16.6 Å². The summed E-state index contributed by atoms with van der Waals surface area (Å²) in [7, 11) is 3.28. The highest BCUT2D eigenvalue weighted by molar-refractivity contribution is 5.94. The number of methoxy groups -OCH3 is 1. The smallest absolute Gasteiger partial charge is 0.266 e. The van der Waals surface area contributed by atoms with Crippen LogP contribution in [0.1, 0.15) is 29.1 Å². The highest BCUT2D eigenvalue weighted by Gasteiger charge is 2.25. The Balaban J connectivity index is 1.92. The van der Waals surface area contributed by atoms with Gasteiger partial charge in [-0.1, -0.05) is 42.5 Å². The van der Waals surface area contributed by atoms with Gasteiger partial charge in [-0.15, -0.1) is 0 Å². The molecule has 1 amide bonds. The molecule has 0 aliphatic carbocycles. The second kappa shape index (κ2) is 8.44. The van der Waals surface area contributed by atoms with Crippen molar-refractivity contribution in [3.05, 3.63) is 101 Å². The van der Waals surface area contributed by atoms with Crippen molar-refractivity contribution in [2.45, 2.75) is 13.0 Å². The molecule has 0 aliphatic rings. The highest BCUT2D eigenvalue weighted by atomic mass is 16.5. The van der Waals surface area contributed by atoms with Crippen LogP contribution in [0.4, 0.5) is 0 Å². The van der Waals surface area contributed by atoms with Crippen LogP contribution in [0, 0.1) is 0 Å². The number of para-hydroxylation sites is 3. The molecule has 0 N–H and O–H groups in total. The Morgan fingerprint density at radius 3 is 2.35 bits per heavy atom. The Morgan fingerprint density at radius 2 is 1.61 bits per heavy atom. The number of carbonyl (C=O) groups is 1. The van der Waals surface area contributed by atoms with E-state index in [4.69, 9.17) is 9.72 Å². The molecule has 6 nitrogen and oxygen atoms in total. The van der Waals surface area contributed by atoms with Crippen molar-refractivity contribution in [3.8, 4) is 11.4 Å². The Kier molecular flexibility index (Phi) is 5.54. The summed E-state index contributed by atoms with van der Waals surface area (Å²) in [4.78, 5) is 33.0. The summed E-state index contributed by atoms with van der Waals surface area (Å²) in [5, 5.41) is 0.501. The zero-order chi connectivity index (χ0) is 22.0. The van der Waals surface area contributed by atoms with Gasteiger partial charge in [0.05, 0.1) is 29.7 Å². The van der Waals surface area contributed by atoms with Crippen molar-refractivity contribution in [1.82, 2.24) is 14.5 Å². The van der Waals surface area contributed by atoms with Crippen molar-refractivity contribution in [2.75, 3.05) is 14.2 Å². The van der Waals surface area contributed by atoms with Gasteiger partial charge in [-0.3, -0.25) is 14.2 Å². The minimum atomic E-state index is -0.477. The number of aromatic nitrogens is 2. The fourth-order valence-electron chi connectivity index (χ4n) is 3.61. The first-order valence-electron chi connectivity index (χ1n) is 10.00. The standard InChI is InChI=1S/C25H23N3O3/c1-17(27(2)24(29)18-11-5-4-6-12-18)23-26-20-14-8-7-13-19(20)25(30)28(23)21-15-9-10-16-22(21)31-3/h4-17H,1-3H3. The average molecular weight is 413 g/mol. The van der Waals surface area contributed by atoms with Gasteiger partial charge in [0.1, 0.15) is 11.6 Å². The summed E-state index contributed by atoms with van der Waals surface area (Å²) < 4.78 is 7.05. The van der Waals surface area contributed by atoms with Crippen LogP contribution in [-0.4, -0.2) is 34.5 Å². The molecular formula is C25H23N3O3. The molecule has 6 heteroatoms. The number of ether oxygens (including phenoxy) is 1. The lowest BCUT2D eigenvalue weighted by Crippen LogP contribution is -2.35. The molecule has 4 rings (SSSR count). The van der Waals surface area contributed by atoms with Gasteiger partial charge in [0.15, 0.2) is 0 Å². The number of rotatable bonds is 5. The molecule has 3 aromatic carbocycles. The van der Waals surface area contributed by atoms with E-state index < -0.39 is 6.04 Å². The third-order valence-electron chi connectivity index (χ3n) is 5.42. The van der Waals surface area contributed by atoms with Crippen LogP contribution < -0.4 is 10.3 Å². The lowest BCUT2D eigenvalue weighted by molar-refractivity contribution is 0.0735. The zero-order valence-corrected chi connectivity index (χ0v) is 17.6.